The van der Waals surface area contributed by atoms with Gasteiger partial charge in [-0.1, -0.05) is 22.4 Å². The normalized spacial score (nSPS) is 13.4. The Morgan fingerprint density at radius 2 is 1.87 bits per heavy atom. The van der Waals surface area contributed by atoms with Crippen LogP contribution in [0.15, 0.2) is 69.9 Å². The Morgan fingerprint density at radius 3 is 2.61 bits per heavy atom. The predicted octanol–water partition coefficient (Wildman–Crippen LogP) is 2.87. The lowest BCUT2D eigenvalue weighted by atomic mass is 10.1. The summed E-state index contributed by atoms with van der Waals surface area (Å²) < 4.78 is 25.1. The van der Waals surface area contributed by atoms with Crippen LogP contribution in [0.5, 0.6) is 5.75 Å². The van der Waals surface area contributed by atoms with E-state index in [0.29, 0.717) is 61.2 Å². The summed E-state index contributed by atoms with van der Waals surface area (Å²) in [5.74, 6) is 0.0347. The van der Waals surface area contributed by atoms with Crippen molar-refractivity contribution in [2.24, 2.45) is 0 Å². The number of rotatable bonds is 8. The van der Waals surface area contributed by atoms with Gasteiger partial charge in [0, 0.05) is 49.4 Å². The third-order valence-electron chi connectivity index (χ3n) is 6.17. The van der Waals surface area contributed by atoms with Gasteiger partial charge < -0.3 is 34.6 Å². The van der Waals surface area contributed by atoms with Crippen molar-refractivity contribution in [3.05, 3.63) is 78.0 Å². The molecule has 0 radical (unpaired) electrons. The van der Waals surface area contributed by atoms with Gasteiger partial charge in [0.1, 0.15) is 23.5 Å². The van der Waals surface area contributed by atoms with Gasteiger partial charge in [-0.15, -0.1) is 0 Å². The Balaban J connectivity index is 1.12. The van der Waals surface area contributed by atoms with E-state index in [9.17, 15) is 14.7 Å². The van der Waals surface area contributed by atoms with Crippen molar-refractivity contribution >= 4 is 23.3 Å². The number of aromatic hydroxyl groups is 1. The second-order valence-corrected chi connectivity index (χ2v) is 8.68. The fourth-order valence-corrected chi connectivity index (χ4v) is 4.15. The predicted molar refractivity (Wildman–Crippen MR) is 135 cm³/mol. The lowest BCUT2D eigenvalue weighted by Gasteiger charge is -2.36. The molecule has 0 spiro atoms. The van der Waals surface area contributed by atoms with E-state index in [1.165, 1.54) is 24.5 Å². The fraction of sp³-hybridized carbons (Fsp3) is 0.231. The lowest BCUT2D eigenvalue weighted by molar-refractivity contribution is -0.130. The Kier molecular flexibility index (Phi) is 7.20. The lowest BCUT2D eigenvalue weighted by Crippen LogP contribution is -2.51. The summed E-state index contributed by atoms with van der Waals surface area (Å²) in [4.78, 5) is 28.3. The average molecular weight is 521 g/mol. The fourth-order valence-electron chi connectivity index (χ4n) is 4.15. The number of nitrogens with zero attached hydrogens (tertiary/aromatic N) is 4. The first-order chi connectivity index (χ1) is 18.5. The summed E-state index contributed by atoms with van der Waals surface area (Å²) in [6, 6.07) is 14.2. The molecule has 0 unspecified atom stereocenters. The van der Waals surface area contributed by atoms with E-state index in [0.717, 1.165) is 0 Å². The maximum Gasteiger partial charge on any atom is 0.251 e. The monoisotopic (exact) mass is 520 g/mol. The average Bonchev–Trinajstić information content (AvgIpc) is 3.63. The zero-order valence-electron chi connectivity index (χ0n) is 20.3. The topological polar surface area (TPSA) is 137 Å². The molecule has 196 valence electrons. The van der Waals surface area contributed by atoms with Gasteiger partial charge in [-0.2, -0.15) is 0 Å². The van der Waals surface area contributed by atoms with E-state index >= 15 is 4.39 Å². The Bertz CT molecular complexity index is 1420. The van der Waals surface area contributed by atoms with Crippen molar-refractivity contribution in [1.82, 2.24) is 20.5 Å². The number of phenolic OH excluding ortho intramolecular Hbond substituents is 1. The van der Waals surface area contributed by atoms with Crippen LogP contribution in [0, 0.1) is 5.82 Å². The molecule has 5 rings (SSSR count). The highest BCUT2D eigenvalue weighted by Crippen LogP contribution is 2.27. The Hall–Kier alpha value is -4.87. The molecule has 2 aromatic heterocycles. The number of amides is 2. The van der Waals surface area contributed by atoms with E-state index in [1.54, 1.807) is 41.3 Å². The van der Waals surface area contributed by atoms with Crippen LogP contribution in [0.1, 0.15) is 16.1 Å². The zero-order valence-corrected chi connectivity index (χ0v) is 20.3. The van der Waals surface area contributed by atoms with Crippen LogP contribution in [-0.4, -0.2) is 64.9 Å². The molecule has 3 N–H and O–H groups in total. The molecule has 12 heteroatoms. The van der Waals surface area contributed by atoms with Gasteiger partial charge in [0.15, 0.2) is 11.6 Å². The van der Waals surface area contributed by atoms with Gasteiger partial charge in [-0.3, -0.25) is 9.59 Å². The summed E-state index contributed by atoms with van der Waals surface area (Å²) in [6.45, 7) is 1.88. The smallest absolute Gasteiger partial charge is 0.251 e. The first-order valence-corrected chi connectivity index (χ1v) is 12.0. The van der Waals surface area contributed by atoms with Crippen molar-refractivity contribution < 1.29 is 28.1 Å². The molecule has 1 aliphatic rings. The molecule has 0 saturated carbocycles. The van der Waals surface area contributed by atoms with E-state index in [2.05, 4.69) is 20.9 Å². The summed E-state index contributed by atoms with van der Waals surface area (Å²) in [5.41, 5.74) is 1.80. The number of halogens is 1. The molecule has 38 heavy (non-hydrogen) atoms. The molecule has 1 saturated heterocycles. The minimum atomic E-state index is -0.444. The molecule has 4 aromatic rings. The van der Waals surface area contributed by atoms with Crippen molar-refractivity contribution in [3.63, 3.8) is 0 Å². The molecule has 1 aliphatic heterocycles. The summed E-state index contributed by atoms with van der Waals surface area (Å²) in [5, 5.41) is 22.9. The minimum absolute atomic E-state index is 0.0254. The van der Waals surface area contributed by atoms with Gasteiger partial charge in [0.2, 0.25) is 5.91 Å². The second kappa shape index (κ2) is 11.0. The molecule has 2 amide bonds. The van der Waals surface area contributed by atoms with Gasteiger partial charge in [-0.25, -0.2) is 4.39 Å². The van der Waals surface area contributed by atoms with Crippen molar-refractivity contribution in [3.8, 4) is 17.0 Å². The molecule has 0 aliphatic carbocycles. The maximum absolute atomic E-state index is 15.0. The van der Waals surface area contributed by atoms with Crippen LogP contribution in [0.2, 0.25) is 0 Å². The summed E-state index contributed by atoms with van der Waals surface area (Å²) in [7, 11) is 0. The van der Waals surface area contributed by atoms with Crippen LogP contribution in [0.4, 0.5) is 15.9 Å². The van der Waals surface area contributed by atoms with E-state index < -0.39 is 11.7 Å². The van der Waals surface area contributed by atoms with E-state index in [1.807, 2.05) is 4.90 Å². The third-order valence-corrected chi connectivity index (χ3v) is 6.17. The molecular formula is C26H25FN6O5. The van der Waals surface area contributed by atoms with Crippen LogP contribution < -0.4 is 15.5 Å². The Morgan fingerprint density at radius 1 is 1.03 bits per heavy atom. The number of anilines is 2. The quantitative estimate of drug-likeness (QED) is 0.320. The van der Waals surface area contributed by atoms with Crippen LogP contribution in [0.3, 0.4) is 0 Å². The first kappa shape index (κ1) is 24.8. The molecule has 3 heterocycles. The summed E-state index contributed by atoms with van der Waals surface area (Å²) >= 11 is 0. The number of carbonyl (C=O) groups is 2. The van der Waals surface area contributed by atoms with Crippen LogP contribution in [-0.2, 0) is 11.3 Å². The highest BCUT2D eigenvalue weighted by molar-refractivity contribution is 5.96. The number of aromatic nitrogens is 2. The van der Waals surface area contributed by atoms with Gasteiger partial charge in [0.25, 0.3) is 5.91 Å². The molecular weight excluding hydrogens is 495 g/mol. The van der Waals surface area contributed by atoms with E-state index in [4.69, 9.17) is 9.05 Å². The number of phenols is 1. The number of hydrogen-bond donors (Lipinski definition) is 3. The molecule has 0 atom stereocenters. The molecule has 0 bridgehead atoms. The van der Waals surface area contributed by atoms with Crippen molar-refractivity contribution in [2.45, 2.75) is 6.54 Å². The SMILES string of the molecule is O=C(NCC(=O)N1CCN(c2ccc(-c3cc(CNc4ccon4)on3)cc2F)CC1)c1cccc(O)c1. The highest BCUT2D eigenvalue weighted by Gasteiger charge is 2.23. The van der Waals surface area contributed by atoms with E-state index in [-0.39, 0.29) is 23.8 Å². The summed E-state index contributed by atoms with van der Waals surface area (Å²) in [6.07, 6.45) is 1.45. The van der Waals surface area contributed by atoms with Crippen molar-refractivity contribution in [2.75, 3.05) is 42.9 Å². The molecule has 2 aromatic carbocycles. The molecule has 11 nitrogen and oxygen atoms in total. The standard InChI is InChI=1S/C26H25FN6O5/c27-21-13-17(22-14-20(38-30-22)15-28-24-6-11-37-31-24)4-5-23(21)32-7-9-33(10-8-32)25(35)16-29-26(36)18-2-1-3-19(34)12-18/h1-6,11-14,34H,7-10,15-16H2,(H,28,31)(H,29,36). The van der Waals surface area contributed by atoms with Gasteiger partial charge >= 0.3 is 0 Å². The zero-order chi connectivity index (χ0) is 26.5. The number of hydrogen-bond acceptors (Lipinski definition) is 9. The van der Waals surface area contributed by atoms with Crippen molar-refractivity contribution in [1.29, 1.82) is 0 Å². The van der Waals surface area contributed by atoms with Crippen LogP contribution in [0.25, 0.3) is 11.3 Å². The highest BCUT2D eigenvalue weighted by atomic mass is 19.1. The number of piperazine rings is 1. The molecule has 1 fully saturated rings. The van der Waals surface area contributed by atoms with Gasteiger partial charge in [-0.05, 0) is 30.3 Å². The van der Waals surface area contributed by atoms with Crippen LogP contribution >= 0.6 is 0 Å². The third kappa shape index (κ3) is 5.75. The Labute approximate surface area is 216 Å². The number of nitrogens with one attached hydrogen (secondary N) is 2. The largest absolute Gasteiger partial charge is 0.508 e. The maximum atomic E-state index is 15.0. The second-order valence-electron chi connectivity index (χ2n) is 8.68. The number of carbonyl (C=O) groups excluding carboxylic acids is 2. The number of benzene rings is 2. The van der Waals surface area contributed by atoms with Gasteiger partial charge in [0.05, 0.1) is 18.8 Å². The first-order valence-electron chi connectivity index (χ1n) is 12.0. The minimum Gasteiger partial charge on any atom is -0.508 e.